The molecule has 3 aromatic carbocycles. The molecule has 1 N–H and O–H groups in total. The van der Waals surface area contributed by atoms with Gasteiger partial charge in [-0.15, -0.1) is 0 Å². The summed E-state index contributed by atoms with van der Waals surface area (Å²) in [5.41, 5.74) is 2.19. The first-order chi connectivity index (χ1) is 16.9. The Labute approximate surface area is 225 Å². The van der Waals surface area contributed by atoms with Gasteiger partial charge in [0.1, 0.15) is 16.7 Å². The molecule has 0 radical (unpaired) electrons. The van der Waals surface area contributed by atoms with Crippen LogP contribution in [0.3, 0.4) is 0 Å². The molecule has 4 rings (SSSR count). The van der Waals surface area contributed by atoms with Gasteiger partial charge in [-0.1, -0.05) is 87.3 Å². The van der Waals surface area contributed by atoms with Crippen LogP contribution in [0.4, 0.5) is 5.69 Å². The van der Waals surface area contributed by atoms with Gasteiger partial charge < -0.3 is 5.32 Å². The third kappa shape index (κ3) is 5.91. The minimum absolute atomic E-state index is 0.112. The van der Waals surface area contributed by atoms with Gasteiger partial charge in [0, 0.05) is 16.7 Å². The van der Waals surface area contributed by atoms with Crippen molar-refractivity contribution in [2.45, 2.75) is 18.2 Å². The van der Waals surface area contributed by atoms with Gasteiger partial charge in [-0.2, -0.15) is 5.26 Å². The first-order valence-electron chi connectivity index (χ1n) is 10.5. The summed E-state index contributed by atoms with van der Waals surface area (Å²) in [5.74, 6) is -0.758. The van der Waals surface area contributed by atoms with Gasteiger partial charge in [-0.05, 0) is 53.9 Å². The minimum atomic E-state index is -0.545. The lowest BCUT2D eigenvalue weighted by Crippen LogP contribution is -2.32. The quantitative estimate of drug-likeness (QED) is 0.264. The summed E-state index contributed by atoms with van der Waals surface area (Å²) in [6.07, 6.45) is 0.362. The Morgan fingerprint density at radius 2 is 1.74 bits per heavy atom. The van der Waals surface area contributed by atoms with Crippen LogP contribution in [-0.2, 0) is 22.6 Å². The number of anilines is 1. The van der Waals surface area contributed by atoms with E-state index in [-0.39, 0.29) is 18.0 Å². The average Bonchev–Trinajstić information content (AvgIpc) is 3.17. The van der Waals surface area contributed by atoms with Gasteiger partial charge in [-0.25, -0.2) is 0 Å². The first-order valence-corrected chi connectivity index (χ1v) is 13.0. The predicted molar refractivity (Wildman–Crippen MR) is 144 cm³/mol. The van der Waals surface area contributed by atoms with Crippen molar-refractivity contribution in [2.75, 3.05) is 4.90 Å². The highest BCUT2D eigenvalue weighted by Crippen LogP contribution is 2.42. The molecule has 0 saturated carbocycles. The predicted octanol–water partition coefficient (Wildman–Crippen LogP) is 6.50. The summed E-state index contributed by atoms with van der Waals surface area (Å²) < 4.78 is 0.847. The van der Waals surface area contributed by atoms with Crippen LogP contribution < -0.4 is 10.2 Å². The van der Waals surface area contributed by atoms with Crippen molar-refractivity contribution in [1.82, 2.24) is 5.32 Å². The summed E-state index contributed by atoms with van der Waals surface area (Å²) in [4.78, 5) is 28.0. The van der Waals surface area contributed by atoms with Crippen LogP contribution in [0.1, 0.15) is 11.1 Å². The lowest BCUT2D eigenvalue weighted by Gasteiger charge is -2.19. The Kier molecular flexibility index (Phi) is 8.19. The molecule has 2 amide bonds. The van der Waals surface area contributed by atoms with E-state index in [0.717, 1.165) is 15.6 Å². The van der Waals surface area contributed by atoms with E-state index in [1.807, 2.05) is 42.5 Å². The van der Waals surface area contributed by atoms with Crippen molar-refractivity contribution < 1.29 is 9.59 Å². The maximum atomic E-state index is 13.5. The van der Waals surface area contributed by atoms with Gasteiger partial charge in [0.25, 0.3) is 5.91 Å². The number of nitrogens with zero attached hydrogens (tertiary/aromatic N) is 2. The van der Waals surface area contributed by atoms with E-state index in [1.54, 1.807) is 36.4 Å². The molecular formula is C26H18BrCl2N3O2S. The molecule has 1 fully saturated rings. The summed E-state index contributed by atoms with van der Waals surface area (Å²) in [5, 5.41) is 13.3. The number of benzene rings is 3. The Bertz CT molecular complexity index is 1340. The van der Waals surface area contributed by atoms with Crippen molar-refractivity contribution in [1.29, 1.82) is 5.26 Å². The zero-order valence-corrected chi connectivity index (χ0v) is 22.1. The van der Waals surface area contributed by atoms with Crippen LogP contribution in [0.2, 0.25) is 10.0 Å². The number of nitrogens with one attached hydrogen (secondary N) is 1. The average molecular weight is 587 g/mol. The maximum absolute atomic E-state index is 13.5. The molecule has 1 heterocycles. The van der Waals surface area contributed by atoms with Gasteiger partial charge in [0.15, 0.2) is 0 Å². The zero-order valence-electron chi connectivity index (χ0n) is 18.2. The number of amides is 2. The van der Waals surface area contributed by atoms with Crippen LogP contribution in [0, 0.1) is 11.3 Å². The fourth-order valence-corrected chi connectivity index (χ4v) is 5.45. The SMILES string of the molecule is N#C/C(C(=O)NCc1ccccc1)=C1/S[C@@H](Cc2ccc(Cl)c(Cl)c2)C(=O)N1c1ccc(Br)cc1. The fraction of sp³-hybridized carbons (Fsp3) is 0.115. The van der Waals surface area contributed by atoms with Gasteiger partial charge in [0.2, 0.25) is 5.91 Å². The van der Waals surface area contributed by atoms with Crippen LogP contribution in [0.5, 0.6) is 0 Å². The molecular weight excluding hydrogens is 569 g/mol. The van der Waals surface area contributed by atoms with Crippen molar-refractivity contribution in [3.63, 3.8) is 0 Å². The number of hydrogen-bond donors (Lipinski definition) is 1. The summed E-state index contributed by atoms with van der Waals surface area (Å²) in [6, 6.07) is 23.8. The molecule has 0 bridgehead atoms. The monoisotopic (exact) mass is 585 g/mol. The molecule has 0 spiro atoms. The Hall–Kier alpha value is -2.76. The Balaban J connectivity index is 1.67. The molecule has 1 aliphatic heterocycles. The molecule has 1 saturated heterocycles. The summed E-state index contributed by atoms with van der Waals surface area (Å²) >= 11 is 16.8. The van der Waals surface area contributed by atoms with E-state index in [4.69, 9.17) is 23.2 Å². The number of carbonyl (C=O) groups is 2. The van der Waals surface area contributed by atoms with Crippen molar-refractivity contribution in [3.8, 4) is 6.07 Å². The minimum Gasteiger partial charge on any atom is -0.347 e. The van der Waals surface area contributed by atoms with Crippen LogP contribution in [-0.4, -0.2) is 17.1 Å². The standard InChI is InChI=1S/C26H18BrCl2N3O2S/c27-18-7-9-19(10-8-18)32-25(34)23(13-17-6-11-21(28)22(29)12-17)35-26(32)20(14-30)24(33)31-15-16-4-2-1-3-5-16/h1-12,23H,13,15H2,(H,31,33)/b26-20-/t23-/m0/s1. The smallest absolute Gasteiger partial charge is 0.264 e. The second-order valence-electron chi connectivity index (χ2n) is 7.67. The second-order valence-corrected chi connectivity index (χ2v) is 10.6. The van der Waals surface area contributed by atoms with E-state index in [0.29, 0.717) is 27.2 Å². The lowest BCUT2D eigenvalue weighted by molar-refractivity contribution is -0.117. The molecule has 176 valence electrons. The fourth-order valence-electron chi connectivity index (χ4n) is 3.56. The maximum Gasteiger partial charge on any atom is 0.264 e. The highest BCUT2D eigenvalue weighted by molar-refractivity contribution is 9.10. The van der Waals surface area contributed by atoms with E-state index < -0.39 is 11.2 Å². The number of halogens is 3. The topological polar surface area (TPSA) is 73.2 Å². The molecule has 3 aromatic rings. The molecule has 0 unspecified atom stereocenters. The molecule has 1 atom stereocenters. The van der Waals surface area contributed by atoms with Crippen LogP contribution >= 0.6 is 50.9 Å². The highest BCUT2D eigenvalue weighted by Gasteiger charge is 2.40. The lowest BCUT2D eigenvalue weighted by atomic mass is 10.1. The van der Waals surface area contributed by atoms with Gasteiger partial charge >= 0.3 is 0 Å². The third-order valence-corrected chi connectivity index (χ3v) is 7.82. The second kappa shape index (κ2) is 11.3. The van der Waals surface area contributed by atoms with E-state index >= 15 is 0 Å². The number of hydrogen-bond acceptors (Lipinski definition) is 4. The highest BCUT2D eigenvalue weighted by atomic mass is 79.9. The Morgan fingerprint density at radius 1 is 1.03 bits per heavy atom. The van der Waals surface area contributed by atoms with E-state index in [2.05, 4.69) is 21.2 Å². The number of thioether (sulfide) groups is 1. The molecule has 1 aliphatic rings. The number of rotatable bonds is 6. The first kappa shape index (κ1) is 25.3. The van der Waals surface area contributed by atoms with Gasteiger partial charge in [0.05, 0.1) is 15.3 Å². The van der Waals surface area contributed by atoms with Crippen molar-refractivity contribution in [3.05, 3.63) is 109 Å². The summed E-state index contributed by atoms with van der Waals surface area (Å²) in [7, 11) is 0. The molecule has 9 heteroatoms. The molecule has 5 nitrogen and oxygen atoms in total. The molecule has 0 aliphatic carbocycles. The third-order valence-electron chi connectivity index (χ3n) is 5.29. The van der Waals surface area contributed by atoms with E-state index in [9.17, 15) is 14.9 Å². The van der Waals surface area contributed by atoms with E-state index in [1.165, 1.54) is 16.7 Å². The normalized spacial score (nSPS) is 16.7. The number of carbonyl (C=O) groups excluding carboxylic acids is 2. The van der Waals surface area contributed by atoms with Crippen molar-refractivity contribution in [2.24, 2.45) is 0 Å². The van der Waals surface area contributed by atoms with Crippen LogP contribution in [0.25, 0.3) is 0 Å². The summed E-state index contributed by atoms with van der Waals surface area (Å²) in [6.45, 7) is 0.266. The van der Waals surface area contributed by atoms with Crippen molar-refractivity contribution >= 4 is 68.4 Å². The number of nitriles is 1. The molecule has 0 aromatic heterocycles. The zero-order chi connectivity index (χ0) is 24.9. The molecule has 35 heavy (non-hydrogen) atoms. The van der Waals surface area contributed by atoms with Gasteiger partial charge in [-0.3, -0.25) is 14.5 Å². The van der Waals surface area contributed by atoms with Crippen LogP contribution in [0.15, 0.2) is 87.9 Å². The Morgan fingerprint density at radius 3 is 2.40 bits per heavy atom. The largest absolute Gasteiger partial charge is 0.347 e.